The van der Waals surface area contributed by atoms with Crippen molar-refractivity contribution in [2.24, 2.45) is 10.9 Å². The average molecular weight is 569 g/mol. The molecular weight excluding hydrogens is 523 g/mol. The van der Waals surface area contributed by atoms with Crippen molar-refractivity contribution in [1.29, 1.82) is 0 Å². The van der Waals surface area contributed by atoms with E-state index in [4.69, 9.17) is 18.8 Å². The zero-order valence-corrected chi connectivity index (χ0v) is 25.9. The van der Waals surface area contributed by atoms with Crippen LogP contribution in [0.25, 0.3) is 11.1 Å². The molecule has 0 bridgehead atoms. The summed E-state index contributed by atoms with van der Waals surface area (Å²) in [6.45, 7) is 12.8. The van der Waals surface area contributed by atoms with Crippen molar-refractivity contribution >= 4 is 19.1 Å². The Morgan fingerprint density at radius 3 is 1.85 bits per heavy atom. The molecular formula is C32H45N2O5P. The van der Waals surface area contributed by atoms with Gasteiger partial charge in [0.25, 0.3) is 0 Å². The van der Waals surface area contributed by atoms with Crippen LogP contribution in [0.5, 0.6) is 0 Å². The molecule has 2 aromatic rings. The van der Waals surface area contributed by atoms with Crippen LogP contribution < -0.4 is 5.32 Å². The van der Waals surface area contributed by atoms with E-state index in [9.17, 15) is 9.36 Å². The first-order valence-electron chi connectivity index (χ1n) is 14.6. The minimum absolute atomic E-state index is 0.0201. The lowest BCUT2D eigenvalue weighted by Crippen LogP contribution is -2.48. The summed E-state index contributed by atoms with van der Waals surface area (Å²) in [5, 5.41) is 3.09. The zero-order chi connectivity index (χ0) is 29.1. The molecule has 7 nitrogen and oxygen atoms in total. The normalized spacial score (nSPS) is 17.6. The van der Waals surface area contributed by atoms with Gasteiger partial charge in [-0.3, -0.25) is 9.56 Å². The van der Waals surface area contributed by atoms with Crippen molar-refractivity contribution in [1.82, 2.24) is 5.32 Å². The van der Waals surface area contributed by atoms with Crippen molar-refractivity contribution in [3.63, 3.8) is 0 Å². The summed E-state index contributed by atoms with van der Waals surface area (Å²) in [5.41, 5.74) is 3.84. The number of hydrogen-bond donors (Lipinski definition) is 1. The number of amides is 1. The molecule has 2 aliphatic carbocycles. The van der Waals surface area contributed by atoms with E-state index >= 15 is 0 Å². The van der Waals surface area contributed by atoms with Crippen LogP contribution in [0, 0.1) is 5.92 Å². The Kier molecular flexibility index (Phi) is 9.59. The fraction of sp³-hybridized carbons (Fsp3) is 0.562. The zero-order valence-electron chi connectivity index (χ0n) is 25.0. The minimum Gasteiger partial charge on any atom is -0.444 e. The van der Waals surface area contributed by atoms with Gasteiger partial charge < -0.3 is 19.1 Å². The molecule has 4 rings (SSSR count). The Balaban J connectivity index is 1.92. The number of rotatable bonds is 9. The predicted molar refractivity (Wildman–Crippen MR) is 161 cm³/mol. The Bertz CT molecular complexity index is 1200. The molecule has 218 valence electrons. The first kappa shape index (κ1) is 30.5. The quantitative estimate of drug-likeness (QED) is 0.242. The summed E-state index contributed by atoms with van der Waals surface area (Å²) >= 11 is 0. The molecule has 0 radical (unpaired) electrons. The summed E-state index contributed by atoms with van der Waals surface area (Å²) in [6, 6.07) is 15.3. The van der Waals surface area contributed by atoms with Gasteiger partial charge in [0.2, 0.25) is 0 Å². The Hall–Kier alpha value is -2.47. The number of ether oxygens (including phenoxy) is 1. The second kappa shape index (κ2) is 12.6. The van der Waals surface area contributed by atoms with Crippen molar-refractivity contribution in [3.8, 4) is 11.1 Å². The summed E-state index contributed by atoms with van der Waals surface area (Å²) in [5.74, 6) is 0.0201. The third kappa shape index (κ3) is 7.23. The van der Waals surface area contributed by atoms with Crippen molar-refractivity contribution < 1.29 is 23.1 Å². The van der Waals surface area contributed by atoms with E-state index in [2.05, 4.69) is 29.6 Å². The van der Waals surface area contributed by atoms with Gasteiger partial charge in [0.1, 0.15) is 17.1 Å². The van der Waals surface area contributed by atoms with E-state index in [1.807, 2.05) is 72.7 Å². The largest absolute Gasteiger partial charge is 0.444 e. The predicted octanol–water partition coefficient (Wildman–Crippen LogP) is 8.67. The van der Waals surface area contributed by atoms with E-state index in [1.54, 1.807) is 0 Å². The molecule has 0 heterocycles. The van der Waals surface area contributed by atoms with E-state index in [0.717, 1.165) is 54.4 Å². The molecule has 0 aromatic heterocycles. The van der Waals surface area contributed by atoms with Crippen LogP contribution in [-0.2, 0) is 18.3 Å². The number of nitrogens with zero attached hydrogens (tertiary/aromatic N) is 1. The molecule has 40 heavy (non-hydrogen) atoms. The van der Waals surface area contributed by atoms with E-state index in [1.165, 1.54) is 0 Å². The number of alkyl carbamates (subject to hydrolysis) is 1. The summed E-state index contributed by atoms with van der Waals surface area (Å²) in [6.07, 6.45) is 3.61. The second-order valence-electron chi connectivity index (χ2n) is 12.4. The lowest BCUT2D eigenvalue weighted by molar-refractivity contribution is 0.0500. The Morgan fingerprint density at radius 1 is 0.875 bits per heavy atom. The van der Waals surface area contributed by atoms with Gasteiger partial charge in [-0.15, -0.1) is 0 Å². The Labute approximate surface area is 239 Å². The highest BCUT2D eigenvalue weighted by atomic mass is 31.2. The molecule has 0 spiro atoms. The molecule has 2 aliphatic rings. The van der Waals surface area contributed by atoms with Gasteiger partial charge in [0.15, 0.2) is 0 Å². The summed E-state index contributed by atoms with van der Waals surface area (Å²) < 4.78 is 32.9. The third-order valence-electron chi connectivity index (χ3n) is 7.11. The Morgan fingerprint density at radius 2 is 1.38 bits per heavy atom. The third-order valence-corrected chi connectivity index (χ3v) is 9.47. The fourth-order valence-electron chi connectivity index (χ4n) is 5.70. The van der Waals surface area contributed by atoms with E-state index in [-0.39, 0.29) is 23.6 Å². The number of carbonyl (C=O) groups is 1. The number of carbonyl (C=O) groups excluding carboxylic acids is 1. The molecule has 8 heteroatoms. The van der Waals surface area contributed by atoms with Crippen molar-refractivity contribution in [2.75, 3.05) is 0 Å². The van der Waals surface area contributed by atoms with Crippen LogP contribution in [0.2, 0.25) is 0 Å². The number of aliphatic imine (C=N–C) groups is 1. The highest BCUT2D eigenvalue weighted by molar-refractivity contribution is 7.72. The summed E-state index contributed by atoms with van der Waals surface area (Å²) in [4.78, 5) is 18.6. The topological polar surface area (TPSA) is 86.2 Å². The lowest BCUT2D eigenvalue weighted by atomic mass is 9.84. The van der Waals surface area contributed by atoms with Gasteiger partial charge >= 0.3 is 13.7 Å². The van der Waals surface area contributed by atoms with Gasteiger partial charge in [-0.1, -0.05) is 67.8 Å². The van der Waals surface area contributed by atoms with Crippen molar-refractivity contribution in [3.05, 3.63) is 59.7 Å². The number of nitrogens with one attached hydrogen (secondary N) is 1. The van der Waals surface area contributed by atoms with Gasteiger partial charge in [-0.2, -0.15) is 0 Å². The van der Waals surface area contributed by atoms with Crippen LogP contribution in [0.4, 0.5) is 4.79 Å². The first-order valence-corrected chi connectivity index (χ1v) is 16.1. The SMILES string of the molecule is CC(C)OP(=O)(OC(C)C)C(=NC1c2ccccc2-c2ccccc21)C(NC(=O)OC(C)(C)C)C1CCCCC1. The molecule has 1 fully saturated rings. The van der Waals surface area contributed by atoms with Crippen LogP contribution in [0.1, 0.15) is 97.7 Å². The van der Waals surface area contributed by atoms with Gasteiger partial charge in [-0.25, -0.2) is 4.79 Å². The maximum Gasteiger partial charge on any atom is 0.408 e. The lowest BCUT2D eigenvalue weighted by Gasteiger charge is -2.36. The minimum atomic E-state index is -3.97. The molecule has 1 atom stereocenters. The maximum absolute atomic E-state index is 14.9. The van der Waals surface area contributed by atoms with Gasteiger partial charge in [-0.05, 0) is 89.5 Å². The molecule has 0 aliphatic heterocycles. The number of hydrogen-bond acceptors (Lipinski definition) is 6. The average Bonchev–Trinajstić information content (AvgIpc) is 3.18. The van der Waals surface area contributed by atoms with Crippen molar-refractivity contribution in [2.45, 2.75) is 110 Å². The van der Waals surface area contributed by atoms with Gasteiger partial charge in [0, 0.05) is 0 Å². The molecule has 1 N–H and O–H groups in total. The van der Waals surface area contributed by atoms with Crippen LogP contribution in [0.3, 0.4) is 0 Å². The van der Waals surface area contributed by atoms with Crippen LogP contribution >= 0.6 is 7.60 Å². The molecule has 1 unspecified atom stereocenters. The van der Waals surface area contributed by atoms with Crippen LogP contribution in [0.15, 0.2) is 53.5 Å². The van der Waals surface area contributed by atoms with E-state index < -0.39 is 31.4 Å². The van der Waals surface area contributed by atoms with E-state index in [0.29, 0.717) is 0 Å². The molecule has 0 saturated heterocycles. The highest BCUT2D eigenvalue weighted by Gasteiger charge is 2.45. The molecule has 1 amide bonds. The standard InChI is InChI=1S/C32H45N2O5P/c1-21(2)38-40(36,39-22(3)4)30(28(23-15-9-8-10-16-23)34-31(35)37-32(5,6)7)33-29-26-19-13-11-17-24(26)25-18-12-14-20-27(25)29/h11-14,17-23,28-29H,8-10,15-16H2,1-7H3,(H,34,35). The first-order chi connectivity index (χ1) is 18.9. The number of benzene rings is 2. The molecule has 2 aromatic carbocycles. The molecule has 1 saturated carbocycles. The second-order valence-corrected chi connectivity index (χ2v) is 14.3. The number of fused-ring (bicyclic) bond motifs is 3. The van der Waals surface area contributed by atoms with Crippen LogP contribution in [-0.4, -0.2) is 35.4 Å². The maximum atomic E-state index is 14.9. The smallest absolute Gasteiger partial charge is 0.408 e. The fourth-order valence-corrected chi connectivity index (χ4v) is 7.95. The summed E-state index contributed by atoms with van der Waals surface area (Å²) in [7, 11) is -3.97. The monoisotopic (exact) mass is 568 g/mol. The van der Waals surface area contributed by atoms with Gasteiger partial charge in [0.05, 0.1) is 18.2 Å². The highest BCUT2D eigenvalue weighted by Crippen LogP contribution is 2.56.